The molecule has 5 aromatic rings. The van der Waals surface area contributed by atoms with Crippen LogP contribution in [0.4, 0.5) is 5.95 Å². The van der Waals surface area contributed by atoms with E-state index in [0.717, 1.165) is 22.5 Å². The lowest BCUT2D eigenvalue weighted by atomic mass is 10.1. The van der Waals surface area contributed by atoms with Gasteiger partial charge in [0.25, 0.3) is 0 Å². The van der Waals surface area contributed by atoms with E-state index in [2.05, 4.69) is 25.5 Å². The molecule has 0 radical (unpaired) electrons. The van der Waals surface area contributed by atoms with Crippen molar-refractivity contribution in [1.29, 1.82) is 0 Å². The molecule has 160 valence electrons. The summed E-state index contributed by atoms with van der Waals surface area (Å²) >= 11 is 0. The Morgan fingerprint density at radius 1 is 0.938 bits per heavy atom. The number of pyridine rings is 1. The zero-order chi connectivity index (χ0) is 21.9. The molecule has 0 fully saturated rings. The van der Waals surface area contributed by atoms with Crippen LogP contribution in [-0.2, 0) is 4.74 Å². The fourth-order valence-electron chi connectivity index (χ4n) is 3.54. The number of hydrogen-bond donors (Lipinski definition) is 0. The number of aromatic nitrogens is 6. The van der Waals surface area contributed by atoms with Crippen LogP contribution in [0.5, 0.6) is 0 Å². The van der Waals surface area contributed by atoms with Gasteiger partial charge in [0.15, 0.2) is 11.3 Å². The summed E-state index contributed by atoms with van der Waals surface area (Å²) < 4.78 is 12.2. The molecule has 9 heteroatoms. The minimum absolute atomic E-state index is 0.557. The van der Waals surface area contributed by atoms with Crippen molar-refractivity contribution in [3.8, 4) is 28.3 Å². The second-order valence-electron chi connectivity index (χ2n) is 7.28. The van der Waals surface area contributed by atoms with Crippen molar-refractivity contribution in [2.24, 2.45) is 0 Å². The van der Waals surface area contributed by atoms with Crippen molar-refractivity contribution in [1.82, 2.24) is 30.1 Å². The van der Waals surface area contributed by atoms with Gasteiger partial charge < -0.3 is 9.64 Å². The number of methoxy groups -OCH3 is 1. The van der Waals surface area contributed by atoms with Gasteiger partial charge in [-0.15, -0.1) is 10.2 Å². The van der Waals surface area contributed by atoms with Gasteiger partial charge in [-0.05, 0) is 34.6 Å². The van der Waals surface area contributed by atoms with Gasteiger partial charge in [0.05, 0.1) is 18.0 Å². The minimum atomic E-state index is 0.557. The van der Waals surface area contributed by atoms with E-state index in [4.69, 9.17) is 9.37 Å². The summed E-state index contributed by atoms with van der Waals surface area (Å²) in [6, 6.07) is 19.7. The monoisotopic (exact) mass is 427 g/mol. The molecule has 0 amide bonds. The average molecular weight is 427 g/mol. The average Bonchev–Trinajstić information content (AvgIpc) is 3.50. The van der Waals surface area contributed by atoms with E-state index < -0.39 is 0 Å². The lowest BCUT2D eigenvalue weighted by molar-refractivity contribution is 0.206. The Labute approximate surface area is 184 Å². The van der Waals surface area contributed by atoms with Gasteiger partial charge in [-0.1, -0.05) is 36.4 Å². The first kappa shape index (κ1) is 19.8. The highest BCUT2D eigenvalue weighted by atomic mass is 16.6. The molecule has 0 aliphatic rings. The first-order valence-electron chi connectivity index (χ1n) is 10.2. The second kappa shape index (κ2) is 8.56. The fraction of sp³-hybridized carbons (Fsp3) is 0.174. The van der Waals surface area contributed by atoms with Crippen molar-refractivity contribution in [2.45, 2.75) is 0 Å². The summed E-state index contributed by atoms with van der Waals surface area (Å²) in [5.74, 6) is 1.30. The molecule has 0 spiro atoms. The molecule has 0 bridgehead atoms. The lowest BCUT2D eigenvalue weighted by Gasteiger charge is -2.19. The zero-order valence-corrected chi connectivity index (χ0v) is 17.7. The SMILES string of the molecule is COCCN(C)c1nnc(-c2ccc(-c3ccccc3)nc2)n1-c1cccc2nonc12. The summed E-state index contributed by atoms with van der Waals surface area (Å²) in [7, 11) is 3.62. The maximum atomic E-state index is 5.24. The maximum Gasteiger partial charge on any atom is 0.232 e. The standard InChI is InChI=1S/C23H21N7O2/c1-29(13-14-31-2)23-26-25-22(30(23)20-10-6-9-19-21(20)28-32-27-19)17-11-12-18(24-15-17)16-7-4-3-5-8-16/h3-12,15H,13-14H2,1-2H3. The van der Waals surface area contributed by atoms with Crippen molar-refractivity contribution in [3.05, 3.63) is 66.9 Å². The first-order chi connectivity index (χ1) is 15.8. The van der Waals surface area contributed by atoms with Crippen molar-refractivity contribution < 1.29 is 9.37 Å². The summed E-state index contributed by atoms with van der Waals surface area (Å²) in [5.41, 5.74) is 4.83. The number of likely N-dealkylation sites (N-methyl/N-ethyl adjacent to an activating group) is 1. The third-order valence-corrected chi connectivity index (χ3v) is 5.22. The molecule has 3 heterocycles. The fourth-order valence-corrected chi connectivity index (χ4v) is 3.54. The molecule has 9 nitrogen and oxygen atoms in total. The Bertz CT molecular complexity index is 1330. The van der Waals surface area contributed by atoms with Gasteiger partial charge in [-0.2, -0.15) is 0 Å². The van der Waals surface area contributed by atoms with E-state index in [-0.39, 0.29) is 0 Å². The van der Waals surface area contributed by atoms with Crippen LogP contribution >= 0.6 is 0 Å². The van der Waals surface area contributed by atoms with Crippen LogP contribution in [0.2, 0.25) is 0 Å². The molecular weight excluding hydrogens is 406 g/mol. The number of ether oxygens (including phenoxy) is 1. The maximum absolute atomic E-state index is 5.24. The smallest absolute Gasteiger partial charge is 0.232 e. The molecule has 0 saturated carbocycles. The highest BCUT2D eigenvalue weighted by molar-refractivity contribution is 5.84. The molecule has 3 aromatic heterocycles. The molecule has 0 aliphatic heterocycles. The predicted octanol–water partition coefficient (Wildman–Crippen LogP) is 3.62. The molecule has 0 saturated heterocycles. The number of anilines is 1. The van der Waals surface area contributed by atoms with Crippen molar-refractivity contribution in [3.63, 3.8) is 0 Å². The van der Waals surface area contributed by atoms with Gasteiger partial charge in [0, 0.05) is 38.0 Å². The van der Waals surface area contributed by atoms with Crippen LogP contribution in [0.15, 0.2) is 71.5 Å². The lowest BCUT2D eigenvalue weighted by Crippen LogP contribution is -2.25. The molecule has 2 aromatic carbocycles. The van der Waals surface area contributed by atoms with E-state index in [1.165, 1.54) is 0 Å². The number of hydrogen-bond acceptors (Lipinski definition) is 8. The summed E-state index contributed by atoms with van der Waals surface area (Å²) in [6.45, 7) is 1.20. The molecule has 0 aliphatic carbocycles. The number of benzene rings is 2. The van der Waals surface area contributed by atoms with E-state index in [1.54, 1.807) is 7.11 Å². The van der Waals surface area contributed by atoms with Crippen LogP contribution in [0, 0.1) is 0 Å². The van der Waals surface area contributed by atoms with Gasteiger partial charge in [-0.25, -0.2) is 4.63 Å². The molecule has 0 atom stereocenters. The Balaban J connectivity index is 1.63. The summed E-state index contributed by atoms with van der Waals surface area (Å²) in [5, 5.41) is 17.0. The third-order valence-electron chi connectivity index (χ3n) is 5.22. The zero-order valence-electron chi connectivity index (χ0n) is 17.7. The Hall–Kier alpha value is -4.11. The quantitative estimate of drug-likeness (QED) is 0.389. The van der Waals surface area contributed by atoms with Crippen molar-refractivity contribution >= 4 is 17.0 Å². The van der Waals surface area contributed by atoms with Crippen molar-refractivity contribution in [2.75, 3.05) is 32.2 Å². The van der Waals surface area contributed by atoms with E-state index in [0.29, 0.717) is 36.0 Å². The highest BCUT2D eigenvalue weighted by Gasteiger charge is 2.22. The van der Waals surface area contributed by atoms with E-state index in [9.17, 15) is 0 Å². The van der Waals surface area contributed by atoms with Gasteiger partial charge in [0.2, 0.25) is 5.95 Å². The topological polar surface area (TPSA) is 95.0 Å². The van der Waals surface area contributed by atoms with Crippen LogP contribution in [0.1, 0.15) is 0 Å². The van der Waals surface area contributed by atoms with Gasteiger partial charge in [-0.3, -0.25) is 9.55 Å². The summed E-state index contributed by atoms with van der Waals surface area (Å²) in [4.78, 5) is 6.64. The molecule has 5 rings (SSSR count). The Kier molecular flexibility index (Phi) is 5.30. The predicted molar refractivity (Wildman–Crippen MR) is 121 cm³/mol. The molecule has 0 N–H and O–H groups in total. The number of rotatable bonds is 7. The second-order valence-corrected chi connectivity index (χ2v) is 7.28. The minimum Gasteiger partial charge on any atom is -0.383 e. The number of fused-ring (bicyclic) bond motifs is 1. The van der Waals surface area contributed by atoms with Crippen LogP contribution in [0.3, 0.4) is 0 Å². The third kappa shape index (κ3) is 3.58. The first-order valence-corrected chi connectivity index (χ1v) is 10.2. The van der Waals surface area contributed by atoms with Gasteiger partial charge in [0.1, 0.15) is 5.52 Å². The largest absolute Gasteiger partial charge is 0.383 e. The van der Waals surface area contributed by atoms with E-state index >= 15 is 0 Å². The van der Waals surface area contributed by atoms with Crippen LogP contribution in [-0.4, -0.2) is 57.4 Å². The number of nitrogens with zero attached hydrogens (tertiary/aromatic N) is 7. The molecule has 32 heavy (non-hydrogen) atoms. The molecular formula is C23H21N7O2. The van der Waals surface area contributed by atoms with E-state index in [1.807, 2.05) is 83.4 Å². The van der Waals surface area contributed by atoms with Gasteiger partial charge >= 0.3 is 0 Å². The highest BCUT2D eigenvalue weighted by Crippen LogP contribution is 2.30. The Morgan fingerprint density at radius 3 is 2.59 bits per heavy atom. The molecule has 0 unspecified atom stereocenters. The Morgan fingerprint density at radius 2 is 1.81 bits per heavy atom. The normalized spacial score (nSPS) is 11.2. The summed E-state index contributed by atoms with van der Waals surface area (Å²) in [6.07, 6.45) is 1.81. The van der Waals surface area contributed by atoms with Crippen LogP contribution in [0.25, 0.3) is 39.4 Å². The van der Waals surface area contributed by atoms with Crippen LogP contribution < -0.4 is 4.90 Å².